The Bertz CT molecular complexity index is 372. The molecule has 1 aromatic carbocycles. The molecule has 0 aliphatic rings. The molecule has 0 spiro atoms. The van der Waals surface area contributed by atoms with Crippen LogP contribution in [0.1, 0.15) is 31.4 Å². The summed E-state index contributed by atoms with van der Waals surface area (Å²) in [5.74, 6) is 0. The maximum atomic E-state index is 12.1. The third kappa shape index (κ3) is 6.51. The summed E-state index contributed by atoms with van der Waals surface area (Å²) < 4.78 is 36.4. The Balaban J connectivity index is 0.00000324. The second-order valence-corrected chi connectivity index (χ2v) is 5.14. The highest BCUT2D eigenvalue weighted by Gasteiger charge is 2.29. The summed E-state index contributed by atoms with van der Waals surface area (Å²) in [4.78, 5) is 0.114. The van der Waals surface area contributed by atoms with Gasteiger partial charge in [0.05, 0.1) is 12.1 Å². The fourth-order valence-electron chi connectivity index (χ4n) is 1.59. The molecule has 7 heteroatoms. The molecule has 0 saturated carbocycles. The number of benzene rings is 1. The Hall–Kier alpha value is -0.430. The number of hydrogen-bond donors (Lipinski definition) is 2. The zero-order valence-electron chi connectivity index (χ0n) is 10.4. The first kappa shape index (κ1) is 18.6. The molecule has 3 N–H and O–H groups in total. The van der Waals surface area contributed by atoms with Crippen molar-refractivity contribution in [2.24, 2.45) is 5.73 Å². The zero-order valence-corrected chi connectivity index (χ0v) is 12.0. The summed E-state index contributed by atoms with van der Waals surface area (Å²) in [5, 5.41) is 9.72. The van der Waals surface area contributed by atoms with Crippen LogP contribution in [0.3, 0.4) is 0 Å². The normalized spacial score (nSPS) is 14.6. The van der Waals surface area contributed by atoms with Crippen LogP contribution in [0.25, 0.3) is 0 Å². The summed E-state index contributed by atoms with van der Waals surface area (Å²) in [6, 6.07) is 5.22. The van der Waals surface area contributed by atoms with Crippen molar-refractivity contribution >= 4 is 24.2 Å². The lowest BCUT2D eigenvalue weighted by Crippen LogP contribution is -2.25. The van der Waals surface area contributed by atoms with E-state index < -0.39 is 17.7 Å². The molecule has 1 rings (SSSR count). The Morgan fingerprint density at radius 2 is 1.79 bits per heavy atom. The molecule has 2 nitrogen and oxygen atoms in total. The van der Waals surface area contributed by atoms with E-state index in [2.05, 4.69) is 0 Å². The second-order valence-electron chi connectivity index (χ2n) is 4.00. The van der Waals surface area contributed by atoms with Gasteiger partial charge in [0.25, 0.3) is 0 Å². The van der Waals surface area contributed by atoms with Crippen LogP contribution in [0.4, 0.5) is 13.2 Å². The predicted molar refractivity (Wildman–Crippen MR) is 73.4 cm³/mol. The van der Waals surface area contributed by atoms with Crippen LogP contribution in [-0.2, 0) is 0 Å². The zero-order chi connectivity index (χ0) is 13.8. The monoisotopic (exact) mass is 315 g/mol. The van der Waals surface area contributed by atoms with Crippen LogP contribution in [0, 0.1) is 0 Å². The smallest absolute Gasteiger partial charge is 0.391 e. The van der Waals surface area contributed by atoms with E-state index in [1.165, 1.54) is 24.3 Å². The SMILES string of the molecule is CCC[C@@H](O)[C@@H](N)c1ccc(SC(F)(F)F)cc1.Cl. The molecule has 0 aliphatic carbocycles. The summed E-state index contributed by atoms with van der Waals surface area (Å²) >= 11 is -0.163. The first-order chi connectivity index (χ1) is 8.33. The van der Waals surface area contributed by atoms with E-state index >= 15 is 0 Å². The van der Waals surface area contributed by atoms with Gasteiger partial charge >= 0.3 is 5.51 Å². The van der Waals surface area contributed by atoms with Crippen LogP contribution < -0.4 is 5.73 Å². The molecule has 0 unspecified atom stereocenters. The van der Waals surface area contributed by atoms with Crippen molar-refractivity contribution in [2.45, 2.75) is 42.3 Å². The van der Waals surface area contributed by atoms with Crippen molar-refractivity contribution in [3.05, 3.63) is 29.8 Å². The van der Waals surface area contributed by atoms with Gasteiger partial charge in [0.1, 0.15) is 0 Å². The second kappa shape index (κ2) is 7.99. The van der Waals surface area contributed by atoms with Gasteiger partial charge in [-0.1, -0.05) is 25.5 Å². The minimum Gasteiger partial charge on any atom is -0.391 e. The molecular formula is C12H17ClF3NOS. The van der Waals surface area contributed by atoms with Gasteiger partial charge in [-0.2, -0.15) is 13.2 Å². The van der Waals surface area contributed by atoms with Gasteiger partial charge in [-0.25, -0.2) is 0 Å². The minimum atomic E-state index is -4.29. The number of rotatable bonds is 5. The summed E-state index contributed by atoms with van der Waals surface area (Å²) in [6.07, 6.45) is 0.702. The lowest BCUT2D eigenvalue weighted by atomic mass is 9.99. The standard InChI is InChI=1S/C12H16F3NOS.ClH/c1-2-3-10(17)11(16)8-4-6-9(7-5-8)18-12(13,14)15;/h4-7,10-11,17H,2-3,16H2,1H3;1H/t10-,11+;/m1./s1. The summed E-state index contributed by atoms with van der Waals surface area (Å²) in [5.41, 5.74) is 2.18. The van der Waals surface area contributed by atoms with E-state index in [0.29, 0.717) is 12.0 Å². The summed E-state index contributed by atoms with van der Waals surface area (Å²) in [6.45, 7) is 1.93. The molecule has 0 radical (unpaired) electrons. The van der Waals surface area contributed by atoms with Crippen LogP contribution in [0.15, 0.2) is 29.2 Å². The number of aliphatic hydroxyl groups is 1. The van der Waals surface area contributed by atoms with E-state index in [4.69, 9.17) is 5.73 Å². The average molecular weight is 316 g/mol. The van der Waals surface area contributed by atoms with Gasteiger partial charge < -0.3 is 10.8 Å². The molecule has 0 amide bonds. The van der Waals surface area contributed by atoms with Crippen molar-refractivity contribution in [3.63, 3.8) is 0 Å². The number of alkyl halides is 3. The van der Waals surface area contributed by atoms with Crippen molar-refractivity contribution in [3.8, 4) is 0 Å². The van der Waals surface area contributed by atoms with Crippen molar-refractivity contribution < 1.29 is 18.3 Å². The van der Waals surface area contributed by atoms with E-state index in [1.807, 2.05) is 6.92 Å². The lowest BCUT2D eigenvalue weighted by molar-refractivity contribution is -0.0328. The highest BCUT2D eigenvalue weighted by atomic mass is 35.5. The van der Waals surface area contributed by atoms with Crippen molar-refractivity contribution in [1.82, 2.24) is 0 Å². The molecule has 0 bridgehead atoms. The first-order valence-corrected chi connectivity index (χ1v) is 6.44. The molecule has 0 heterocycles. The topological polar surface area (TPSA) is 46.2 Å². The van der Waals surface area contributed by atoms with Gasteiger partial charge in [-0.15, -0.1) is 12.4 Å². The van der Waals surface area contributed by atoms with Gasteiger partial charge in [-0.3, -0.25) is 0 Å². The highest BCUT2D eigenvalue weighted by Crippen LogP contribution is 2.37. The molecule has 0 saturated heterocycles. The number of hydrogen-bond acceptors (Lipinski definition) is 3. The number of thioether (sulfide) groups is 1. The van der Waals surface area contributed by atoms with Crippen molar-refractivity contribution in [1.29, 1.82) is 0 Å². The first-order valence-electron chi connectivity index (χ1n) is 5.63. The molecule has 2 atom stereocenters. The molecule has 19 heavy (non-hydrogen) atoms. The number of halogens is 4. The average Bonchev–Trinajstić information content (AvgIpc) is 2.27. The molecule has 110 valence electrons. The van der Waals surface area contributed by atoms with Gasteiger partial charge in [0.15, 0.2) is 0 Å². The maximum absolute atomic E-state index is 12.1. The lowest BCUT2D eigenvalue weighted by Gasteiger charge is -2.18. The third-order valence-corrected chi connectivity index (χ3v) is 3.24. The summed E-state index contributed by atoms with van der Waals surface area (Å²) in [7, 11) is 0. The van der Waals surface area contributed by atoms with Gasteiger partial charge in [-0.05, 0) is 35.9 Å². The molecular weight excluding hydrogens is 299 g/mol. The maximum Gasteiger partial charge on any atom is 0.446 e. The number of nitrogens with two attached hydrogens (primary N) is 1. The minimum absolute atomic E-state index is 0. The van der Waals surface area contributed by atoms with Crippen LogP contribution in [-0.4, -0.2) is 16.7 Å². The Morgan fingerprint density at radius 3 is 2.21 bits per heavy atom. The Kier molecular flexibility index (Phi) is 7.81. The highest BCUT2D eigenvalue weighted by molar-refractivity contribution is 8.00. The van der Waals surface area contributed by atoms with E-state index in [0.717, 1.165) is 6.42 Å². The largest absolute Gasteiger partial charge is 0.446 e. The van der Waals surface area contributed by atoms with Crippen LogP contribution in [0.2, 0.25) is 0 Å². The van der Waals surface area contributed by atoms with Gasteiger partial charge in [0, 0.05) is 4.90 Å². The fourth-order valence-corrected chi connectivity index (χ4v) is 2.13. The van der Waals surface area contributed by atoms with E-state index in [9.17, 15) is 18.3 Å². The number of aliphatic hydroxyl groups excluding tert-OH is 1. The van der Waals surface area contributed by atoms with Crippen molar-refractivity contribution in [2.75, 3.05) is 0 Å². The van der Waals surface area contributed by atoms with E-state index in [-0.39, 0.29) is 29.1 Å². The quantitative estimate of drug-likeness (QED) is 0.811. The molecule has 0 aliphatic heterocycles. The predicted octanol–water partition coefficient (Wildman–Crippen LogP) is 3.88. The van der Waals surface area contributed by atoms with Crippen LogP contribution >= 0.6 is 24.2 Å². The molecule has 1 aromatic rings. The fraction of sp³-hybridized carbons (Fsp3) is 0.500. The van der Waals surface area contributed by atoms with Crippen LogP contribution in [0.5, 0.6) is 0 Å². The third-order valence-electron chi connectivity index (χ3n) is 2.50. The van der Waals surface area contributed by atoms with Gasteiger partial charge in [0.2, 0.25) is 0 Å². The van der Waals surface area contributed by atoms with E-state index in [1.54, 1.807) is 0 Å². The Morgan fingerprint density at radius 1 is 1.26 bits per heavy atom. The molecule has 0 fully saturated rings. The Labute approximate surface area is 121 Å². The molecule has 0 aromatic heterocycles.